The summed E-state index contributed by atoms with van der Waals surface area (Å²) in [4.78, 5) is 33.9. The summed E-state index contributed by atoms with van der Waals surface area (Å²) >= 11 is 0. The third kappa shape index (κ3) is 5.36. The molecule has 6 N–H and O–H groups in total. The molecular formula is C22H29N7O2. The number of anilines is 1. The van der Waals surface area contributed by atoms with Gasteiger partial charge in [-0.2, -0.15) is 0 Å². The molecule has 0 unspecified atom stereocenters. The van der Waals surface area contributed by atoms with Crippen LogP contribution in [-0.2, 0) is 0 Å². The maximum Gasteiger partial charge on any atom is 0.274 e. The van der Waals surface area contributed by atoms with Gasteiger partial charge in [0.2, 0.25) is 0 Å². The van der Waals surface area contributed by atoms with E-state index in [1.54, 1.807) is 18.2 Å². The first kappa shape index (κ1) is 21.2. The Balaban J connectivity index is 1.47. The quantitative estimate of drug-likeness (QED) is 0.461. The molecular weight excluding hydrogens is 394 g/mol. The number of nitrogens with one attached hydrogen (secondary N) is 4. The van der Waals surface area contributed by atoms with Crippen LogP contribution in [-0.4, -0.2) is 60.0 Å². The van der Waals surface area contributed by atoms with E-state index in [-0.39, 0.29) is 29.4 Å². The van der Waals surface area contributed by atoms with Crippen molar-refractivity contribution in [3.05, 3.63) is 41.7 Å². The molecule has 1 aromatic carbocycles. The van der Waals surface area contributed by atoms with E-state index in [4.69, 9.17) is 5.73 Å². The van der Waals surface area contributed by atoms with Gasteiger partial charge in [-0.3, -0.25) is 9.59 Å². The lowest BCUT2D eigenvalue weighted by Crippen LogP contribution is -2.46. The fourth-order valence-corrected chi connectivity index (χ4v) is 4.00. The fourth-order valence-electron chi connectivity index (χ4n) is 4.00. The van der Waals surface area contributed by atoms with E-state index in [1.807, 2.05) is 6.07 Å². The van der Waals surface area contributed by atoms with E-state index in [0.717, 1.165) is 45.3 Å². The van der Waals surface area contributed by atoms with Crippen molar-refractivity contribution in [2.75, 3.05) is 31.9 Å². The van der Waals surface area contributed by atoms with Crippen LogP contribution in [0.15, 0.2) is 30.5 Å². The maximum atomic E-state index is 12.7. The molecule has 0 saturated carbocycles. The molecule has 9 nitrogen and oxygen atoms in total. The van der Waals surface area contributed by atoms with Crippen LogP contribution in [0.2, 0.25) is 0 Å². The van der Waals surface area contributed by atoms with Crippen molar-refractivity contribution in [2.45, 2.75) is 37.8 Å². The SMILES string of the molecule is Nc1ncc(-c2cccc(C(=O)NC[C@H]3CCCN3)c2)nc1C(=O)N[C@H]1CCCNC1. The number of piperidine rings is 1. The van der Waals surface area contributed by atoms with Crippen LogP contribution in [0.4, 0.5) is 5.82 Å². The lowest BCUT2D eigenvalue weighted by atomic mass is 10.1. The van der Waals surface area contributed by atoms with Crippen molar-refractivity contribution < 1.29 is 9.59 Å². The molecule has 164 valence electrons. The standard InChI is InChI=1S/C22H29N7O2/c23-20-19(22(31)28-17-7-2-8-24-11-17)29-18(13-26-20)14-4-1-5-15(10-14)21(30)27-12-16-6-3-9-25-16/h1,4-5,10,13,16-17,24-25H,2-3,6-9,11-12H2,(H2,23,26)(H,27,30)(H,28,31)/t16-,17+/m1/s1. The second-order valence-corrected chi connectivity index (χ2v) is 8.09. The Kier molecular flexibility index (Phi) is 6.73. The van der Waals surface area contributed by atoms with Gasteiger partial charge >= 0.3 is 0 Å². The van der Waals surface area contributed by atoms with Gasteiger partial charge in [-0.15, -0.1) is 0 Å². The second kappa shape index (κ2) is 9.84. The minimum Gasteiger partial charge on any atom is -0.382 e. The second-order valence-electron chi connectivity index (χ2n) is 8.09. The normalized spacial score (nSPS) is 20.9. The monoisotopic (exact) mass is 423 g/mol. The minimum atomic E-state index is -0.335. The molecule has 9 heteroatoms. The van der Waals surface area contributed by atoms with Gasteiger partial charge in [-0.25, -0.2) is 9.97 Å². The Morgan fingerprint density at radius 2 is 2.03 bits per heavy atom. The summed E-state index contributed by atoms with van der Waals surface area (Å²) in [6.45, 7) is 3.29. The zero-order valence-corrected chi connectivity index (χ0v) is 17.5. The highest BCUT2D eigenvalue weighted by atomic mass is 16.2. The minimum absolute atomic E-state index is 0.0486. The molecule has 3 heterocycles. The van der Waals surface area contributed by atoms with E-state index >= 15 is 0 Å². The highest BCUT2D eigenvalue weighted by Gasteiger charge is 2.21. The van der Waals surface area contributed by atoms with E-state index in [2.05, 4.69) is 31.2 Å². The molecule has 2 aromatic rings. The van der Waals surface area contributed by atoms with Gasteiger partial charge < -0.3 is 27.0 Å². The van der Waals surface area contributed by atoms with Crippen molar-refractivity contribution in [1.82, 2.24) is 31.2 Å². The lowest BCUT2D eigenvalue weighted by molar-refractivity contribution is 0.0923. The van der Waals surface area contributed by atoms with Crippen molar-refractivity contribution in [1.29, 1.82) is 0 Å². The molecule has 31 heavy (non-hydrogen) atoms. The molecule has 2 atom stereocenters. The van der Waals surface area contributed by atoms with Crippen molar-refractivity contribution in [2.24, 2.45) is 0 Å². The lowest BCUT2D eigenvalue weighted by Gasteiger charge is -2.23. The van der Waals surface area contributed by atoms with E-state index in [0.29, 0.717) is 29.4 Å². The van der Waals surface area contributed by atoms with E-state index in [9.17, 15) is 9.59 Å². The number of amides is 2. The molecule has 0 spiro atoms. The number of rotatable bonds is 6. The molecule has 0 radical (unpaired) electrons. The third-order valence-electron chi connectivity index (χ3n) is 5.74. The van der Waals surface area contributed by atoms with Gasteiger partial charge in [0.05, 0.1) is 11.9 Å². The molecule has 4 rings (SSSR count). The summed E-state index contributed by atoms with van der Waals surface area (Å²) < 4.78 is 0. The number of nitrogen functional groups attached to an aromatic ring is 1. The zero-order valence-electron chi connectivity index (χ0n) is 17.5. The Bertz CT molecular complexity index is 937. The first-order valence-electron chi connectivity index (χ1n) is 10.9. The average molecular weight is 424 g/mol. The predicted octanol–water partition coefficient (Wildman–Crippen LogP) is 0.689. The highest BCUT2D eigenvalue weighted by molar-refractivity contribution is 5.97. The fraction of sp³-hybridized carbons (Fsp3) is 0.455. The van der Waals surface area contributed by atoms with Gasteiger partial charge in [-0.05, 0) is 50.9 Å². The van der Waals surface area contributed by atoms with E-state index < -0.39 is 0 Å². The number of hydrogen-bond donors (Lipinski definition) is 5. The summed E-state index contributed by atoms with van der Waals surface area (Å²) in [5.74, 6) is -0.386. The van der Waals surface area contributed by atoms with Gasteiger partial charge in [-0.1, -0.05) is 12.1 Å². The molecule has 2 fully saturated rings. The van der Waals surface area contributed by atoms with Crippen molar-refractivity contribution >= 4 is 17.6 Å². The molecule has 0 bridgehead atoms. The molecule has 2 aliphatic rings. The van der Waals surface area contributed by atoms with Crippen molar-refractivity contribution in [3.63, 3.8) is 0 Å². The maximum absolute atomic E-state index is 12.7. The summed E-state index contributed by atoms with van der Waals surface area (Å²) in [6, 6.07) is 7.52. The first-order chi connectivity index (χ1) is 15.1. The zero-order chi connectivity index (χ0) is 21.6. The molecule has 2 amide bonds. The summed E-state index contributed by atoms with van der Waals surface area (Å²) in [6.07, 6.45) is 5.66. The summed E-state index contributed by atoms with van der Waals surface area (Å²) in [5, 5.41) is 12.6. The van der Waals surface area contributed by atoms with E-state index in [1.165, 1.54) is 6.20 Å². The summed E-state index contributed by atoms with van der Waals surface area (Å²) in [5.41, 5.74) is 7.76. The number of carbonyl (C=O) groups excluding carboxylic acids is 2. The number of benzene rings is 1. The topological polar surface area (TPSA) is 134 Å². The van der Waals surface area contributed by atoms with Crippen LogP contribution in [0.25, 0.3) is 11.3 Å². The average Bonchev–Trinajstić information content (AvgIpc) is 3.32. The number of nitrogens with zero attached hydrogens (tertiary/aromatic N) is 2. The van der Waals surface area contributed by atoms with Crippen LogP contribution in [0.3, 0.4) is 0 Å². The molecule has 2 saturated heterocycles. The third-order valence-corrected chi connectivity index (χ3v) is 5.74. The van der Waals surface area contributed by atoms with Crippen LogP contribution in [0.1, 0.15) is 46.5 Å². The summed E-state index contributed by atoms with van der Waals surface area (Å²) in [7, 11) is 0. The molecule has 0 aliphatic carbocycles. The van der Waals surface area contributed by atoms with Gasteiger partial charge in [0.1, 0.15) is 0 Å². The van der Waals surface area contributed by atoms with Crippen molar-refractivity contribution in [3.8, 4) is 11.3 Å². The Labute approximate surface area is 181 Å². The largest absolute Gasteiger partial charge is 0.382 e. The number of carbonyl (C=O) groups is 2. The predicted molar refractivity (Wildman–Crippen MR) is 119 cm³/mol. The first-order valence-corrected chi connectivity index (χ1v) is 10.9. The van der Waals surface area contributed by atoms with Gasteiger partial charge in [0, 0.05) is 36.3 Å². The van der Waals surface area contributed by atoms with Crippen LogP contribution in [0, 0.1) is 0 Å². The van der Waals surface area contributed by atoms with Crippen LogP contribution >= 0.6 is 0 Å². The molecule has 1 aromatic heterocycles. The molecule has 2 aliphatic heterocycles. The Morgan fingerprint density at radius 1 is 1.16 bits per heavy atom. The smallest absolute Gasteiger partial charge is 0.274 e. The van der Waals surface area contributed by atoms with Crippen LogP contribution in [0.5, 0.6) is 0 Å². The van der Waals surface area contributed by atoms with Gasteiger partial charge in [0.15, 0.2) is 11.5 Å². The van der Waals surface area contributed by atoms with Crippen LogP contribution < -0.4 is 27.0 Å². The Hall–Kier alpha value is -3.04. The number of hydrogen-bond acceptors (Lipinski definition) is 7. The number of aromatic nitrogens is 2. The Morgan fingerprint density at radius 3 is 2.81 bits per heavy atom. The number of nitrogens with two attached hydrogens (primary N) is 1. The van der Waals surface area contributed by atoms with Gasteiger partial charge in [0.25, 0.3) is 11.8 Å². The highest BCUT2D eigenvalue weighted by Crippen LogP contribution is 2.20.